The molecule has 1 rings (SSSR count). The fraction of sp³-hybridized carbons (Fsp3) is 0.579. The van der Waals surface area contributed by atoms with Crippen LogP contribution < -0.4 is 0 Å². The van der Waals surface area contributed by atoms with Gasteiger partial charge in [-0.2, -0.15) is 0 Å². The maximum Gasteiger partial charge on any atom is 0.335 e. The lowest BCUT2D eigenvalue weighted by Gasteiger charge is -2.04. The normalized spacial score (nSPS) is 10.7. The second kappa shape index (κ2) is 12.9. The van der Waals surface area contributed by atoms with E-state index >= 15 is 0 Å². The molecule has 0 saturated carbocycles. The van der Waals surface area contributed by atoms with Gasteiger partial charge in [0, 0.05) is 11.3 Å². The van der Waals surface area contributed by atoms with Crippen LogP contribution in [0.15, 0.2) is 29.2 Å². The molecule has 2 N–H and O–H groups in total. The molecular weight excluding hydrogens is 324 g/mol. The highest BCUT2D eigenvalue weighted by Gasteiger charge is 2.03. The number of hydrogen-bond acceptors (Lipinski definition) is 3. The summed E-state index contributed by atoms with van der Waals surface area (Å²) in [4.78, 5) is 22.3. The van der Waals surface area contributed by atoms with Gasteiger partial charge < -0.3 is 10.2 Å². The maximum absolute atomic E-state index is 10.9. The van der Waals surface area contributed by atoms with Gasteiger partial charge in [0.1, 0.15) is 0 Å². The van der Waals surface area contributed by atoms with Crippen LogP contribution in [0, 0.1) is 0 Å². The molecule has 24 heavy (non-hydrogen) atoms. The van der Waals surface area contributed by atoms with Crippen molar-refractivity contribution >= 4 is 23.7 Å². The molecule has 0 unspecified atom stereocenters. The monoisotopic (exact) mass is 352 g/mol. The Balaban J connectivity index is 1.93. The van der Waals surface area contributed by atoms with Crippen LogP contribution in [0.3, 0.4) is 0 Å². The van der Waals surface area contributed by atoms with Crippen molar-refractivity contribution in [2.45, 2.75) is 69.1 Å². The van der Waals surface area contributed by atoms with Gasteiger partial charge in [0.05, 0.1) is 5.56 Å². The molecule has 5 heteroatoms. The Hall–Kier alpha value is -1.49. The van der Waals surface area contributed by atoms with Crippen molar-refractivity contribution in [3.8, 4) is 0 Å². The predicted octanol–water partition coefficient (Wildman–Crippen LogP) is 5.46. The van der Waals surface area contributed by atoms with Crippen LogP contribution in [-0.4, -0.2) is 27.9 Å². The summed E-state index contributed by atoms with van der Waals surface area (Å²) < 4.78 is 0. The molecule has 0 amide bonds. The fourth-order valence-corrected chi connectivity index (χ4v) is 3.49. The summed E-state index contributed by atoms with van der Waals surface area (Å²) >= 11 is 1.72. The van der Waals surface area contributed by atoms with Crippen LogP contribution >= 0.6 is 11.8 Å². The topological polar surface area (TPSA) is 74.6 Å². The Morgan fingerprint density at radius 2 is 1.42 bits per heavy atom. The number of unbranched alkanes of at least 4 members (excludes halogenated alkanes) is 8. The number of carboxylic acid groups (broad SMARTS) is 2. The zero-order valence-corrected chi connectivity index (χ0v) is 15.0. The summed E-state index contributed by atoms with van der Waals surface area (Å²) in [7, 11) is 0. The SMILES string of the molecule is O=C(O)CCCCCCCCCCCSc1cccc(C(=O)O)c1. The quantitative estimate of drug-likeness (QED) is 0.343. The van der Waals surface area contributed by atoms with E-state index in [1.807, 2.05) is 6.07 Å². The average molecular weight is 352 g/mol. The van der Waals surface area contributed by atoms with Crippen LogP contribution in [-0.2, 0) is 4.79 Å². The Kier molecular flexibility index (Phi) is 11.0. The minimum atomic E-state index is -0.875. The van der Waals surface area contributed by atoms with Gasteiger partial charge in [-0.25, -0.2) is 4.79 Å². The first-order valence-electron chi connectivity index (χ1n) is 8.77. The smallest absolute Gasteiger partial charge is 0.335 e. The summed E-state index contributed by atoms with van der Waals surface area (Å²) in [5.41, 5.74) is 0.350. The first-order chi connectivity index (χ1) is 11.6. The lowest BCUT2D eigenvalue weighted by atomic mass is 10.1. The standard InChI is InChI=1S/C19H28O4S/c20-18(21)13-8-6-4-2-1-3-5-7-9-14-24-17-12-10-11-16(15-17)19(22)23/h10-12,15H,1-9,13-14H2,(H,20,21)(H,22,23). The second-order valence-electron chi connectivity index (χ2n) is 6.01. The lowest BCUT2D eigenvalue weighted by molar-refractivity contribution is -0.137. The molecule has 0 aliphatic rings. The minimum absolute atomic E-state index is 0.299. The van der Waals surface area contributed by atoms with Crippen LogP contribution in [0.5, 0.6) is 0 Å². The van der Waals surface area contributed by atoms with E-state index < -0.39 is 11.9 Å². The fourth-order valence-electron chi connectivity index (χ4n) is 2.52. The van der Waals surface area contributed by atoms with Crippen molar-refractivity contribution in [3.05, 3.63) is 29.8 Å². The van der Waals surface area contributed by atoms with E-state index in [0.717, 1.165) is 36.3 Å². The molecule has 0 radical (unpaired) electrons. The first-order valence-corrected chi connectivity index (χ1v) is 9.76. The van der Waals surface area contributed by atoms with E-state index in [0.29, 0.717) is 12.0 Å². The number of hydrogen-bond donors (Lipinski definition) is 2. The van der Waals surface area contributed by atoms with Crippen LogP contribution in [0.25, 0.3) is 0 Å². The molecule has 0 aliphatic heterocycles. The van der Waals surface area contributed by atoms with E-state index in [2.05, 4.69) is 0 Å². The van der Waals surface area contributed by atoms with Crippen LogP contribution in [0.2, 0.25) is 0 Å². The van der Waals surface area contributed by atoms with Crippen molar-refractivity contribution in [1.29, 1.82) is 0 Å². The number of rotatable bonds is 14. The Morgan fingerprint density at radius 3 is 2.00 bits per heavy atom. The molecule has 1 aromatic carbocycles. The molecule has 0 heterocycles. The Labute approximate surface area is 148 Å². The van der Waals surface area contributed by atoms with Crippen molar-refractivity contribution < 1.29 is 19.8 Å². The summed E-state index contributed by atoms with van der Waals surface area (Å²) in [6, 6.07) is 7.11. The van der Waals surface area contributed by atoms with Gasteiger partial charge in [-0.1, -0.05) is 51.0 Å². The third-order valence-electron chi connectivity index (χ3n) is 3.88. The number of aliphatic carboxylic acids is 1. The molecule has 0 atom stereocenters. The minimum Gasteiger partial charge on any atom is -0.481 e. The van der Waals surface area contributed by atoms with Gasteiger partial charge in [-0.3, -0.25) is 4.79 Å². The van der Waals surface area contributed by atoms with Gasteiger partial charge in [-0.05, 0) is 36.8 Å². The van der Waals surface area contributed by atoms with E-state index in [9.17, 15) is 9.59 Å². The Bertz CT molecular complexity index is 502. The summed E-state index contributed by atoms with van der Waals surface area (Å²) in [5.74, 6) is -0.541. The molecule has 0 spiro atoms. The summed E-state index contributed by atoms with van der Waals surface area (Å²) in [6.07, 6.45) is 10.6. The third-order valence-corrected chi connectivity index (χ3v) is 4.96. The van der Waals surface area contributed by atoms with Crippen LogP contribution in [0.4, 0.5) is 0 Å². The molecule has 134 valence electrons. The maximum atomic E-state index is 10.9. The van der Waals surface area contributed by atoms with Crippen molar-refractivity contribution in [3.63, 3.8) is 0 Å². The number of benzene rings is 1. The second-order valence-corrected chi connectivity index (χ2v) is 7.18. The zero-order chi connectivity index (χ0) is 17.6. The molecule has 0 fully saturated rings. The summed E-state index contributed by atoms with van der Waals surface area (Å²) in [6.45, 7) is 0. The molecule has 0 aliphatic carbocycles. The third kappa shape index (κ3) is 10.3. The van der Waals surface area contributed by atoms with E-state index in [1.54, 1.807) is 30.0 Å². The lowest BCUT2D eigenvalue weighted by Crippen LogP contribution is -1.95. The molecule has 1 aromatic rings. The molecule has 4 nitrogen and oxygen atoms in total. The van der Waals surface area contributed by atoms with Crippen LogP contribution in [0.1, 0.15) is 74.6 Å². The first kappa shape index (κ1) is 20.6. The van der Waals surface area contributed by atoms with Crippen molar-refractivity contribution in [2.75, 3.05) is 5.75 Å². The van der Waals surface area contributed by atoms with Gasteiger partial charge in [-0.15, -0.1) is 11.8 Å². The molecule has 0 aromatic heterocycles. The van der Waals surface area contributed by atoms with Crippen molar-refractivity contribution in [1.82, 2.24) is 0 Å². The largest absolute Gasteiger partial charge is 0.481 e. The predicted molar refractivity (Wildman–Crippen MR) is 97.9 cm³/mol. The van der Waals surface area contributed by atoms with E-state index in [1.165, 1.54) is 32.1 Å². The average Bonchev–Trinajstić information content (AvgIpc) is 2.55. The van der Waals surface area contributed by atoms with Gasteiger partial charge in [0.2, 0.25) is 0 Å². The highest BCUT2D eigenvalue weighted by molar-refractivity contribution is 7.99. The number of carboxylic acids is 2. The zero-order valence-electron chi connectivity index (χ0n) is 14.2. The van der Waals surface area contributed by atoms with Crippen molar-refractivity contribution in [2.24, 2.45) is 0 Å². The van der Waals surface area contributed by atoms with E-state index in [-0.39, 0.29) is 0 Å². The molecule has 0 bridgehead atoms. The highest BCUT2D eigenvalue weighted by Crippen LogP contribution is 2.21. The highest BCUT2D eigenvalue weighted by atomic mass is 32.2. The molecular formula is C19H28O4S. The van der Waals surface area contributed by atoms with Gasteiger partial charge in [0.25, 0.3) is 0 Å². The van der Waals surface area contributed by atoms with Gasteiger partial charge >= 0.3 is 11.9 Å². The van der Waals surface area contributed by atoms with E-state index in [4.69, 9.17) is 10.2 Å². The number of carbonyl (C=O) groups is 2. The molecule has 0 saturated heterocycles. The number of aromatic carboxylic acids is 1. The number of thioether (sulfide) groups is 1. The van der Waals surface area contributed by atoms with Gasteiger partial charge in [0.15, 0.2) is 0 Å². The summed E-state index contributed by atoms with van der Waals surface area (Å²) in [5, 5.41) is 17.5. The Morgan fingerprint density at radius 1 is 0.833 bits per heavy atom.